The van der Waals surface area contributed by atoms with Gasteiger partial charge in [-0.3, -0.25) is 4.79 Å². The molecule has 3 nitrogen and oxygen atoms in total. The fourth-order valence-corrected chi connectivity index (χ4v) is 1.01. The molecule has 0 aliphatic rings. The van der Waals surface area contributed by atoms with E-state index in [2.05, 4.69) is 12.6 Å². The Balaban J connectivity index is 4.52. The summed E-state index contributed by atoms with van der Waals surface area (Å²) >= 11 is 3.78. The van der Waals surface area contributed by atoms with E-state index in [9.17, 15) is 14.7 Å². The number of ketones is 1. The van der Waals surface area contributed by atoms with Gasteiger partial charge in [0.2, 0.25) is 0 Å². The molecule has 0 bridgehead atoms. The number of hydrogen-bond acceptors (Lipinski definition) is 4. The molecule has 0 aromatic heterocycles. The van der Waals surface area contributed by atoms with Gasteiger partial charge in [0.25, 0.3) is 0 Å². The van der Waals surface area contributed by atoms with Crippen LogP contribution in [0.2, 0.25) is 0 Å². The highest BCUT2D eigenvalue weighted by atomic mass is 32.1. The van der Waals surface area contributed by atoms with Gasteiger partial charge in [0.05, 0.1) is 5.97 Å². The summed E-state index contributed by atoms with van der Waals surface area (Å²) in [6.45, 7) is 3.00. The van der Waals surface area contributed by atoms with Crippen LogP contribution in [0.5, 0.6) is 0 Å². The minimum atomic E-state index is -1.59. The summed E-state index contributed by atoms with van der Waals surface area (Å²) in [5, 5.41) is 10.4. The molecular formula is C7H11O3S-. The summed E-state index contributed by atoms with van der Waals surface area (Å²) in [5.41, 5.74) is 0. The topological polar surface area (TPSA) is 57.2 Å². The zero-order valence-corrected chi connectivity index (χ0v) is 7.48. The fraction of sp³-hybridized carbons (Fsp3) is 0.714. The fourth-order valence-electron chi connectivity index (χ4n) is 0.784. The summed E-state index contributed by atoms with van der Waals surface area (Å²) in [4.78, 5) is 21.2. The van der Waals surface area contributed by atoms with Crippen molar-refractivity contribution in [1.29, 1.82) is 0 Å². The number of hydrogen-bond donors (Lipinski definition) is 1. The minimum absolute atomic E-state index is 0.216. The first-order valence-electron chi connectivity index (χ1n) is 3.40. The van der Waals surface area contributed by atoms with Gasteiger partial charge in [-0.25, -0.2) is 0 Å². The summed E-state index contributed by atoms with van der Waals surface area (Å²) in [5.74, 6) is -1.88. The standard InChI is InChI=1S/C7H12O3S/c1-3-4-7(11,5(2)8)6(9)10/h11H,3-4H2,1-2H3,(H,9,10)/p-1. The molecule has 0 rings (SSSR count). The van der Waals surface area contributed by atoms with Crippen LogP contribution in [0.1, 0.15) is 26.7 Å². The molecule has 0 aliphatic carbocycles. The second-order valence-corrected chi connectivity index (χ2v) is 3.22. The number of rotatable bonds is 4. The van der Waals surface area contributed by atoms with Crippen molar-refractivity contribution in [2.75, 3.05) is 0 Å². The van der Waals surface area contributed by atoms with Crippen molar-refractivity contribution in [1.82, 2.24) is 0 Å². The molecule has 0 amide bonds. The molecule has 0 spiro atoms. The molecule has 0 fully saturated rings. The highest BCUT2D eigenvalue weighted by Gasteiger charge is 2.31. The zero-order chi connectivity index (χ0) is 9.07. The van der Waals surface area contributed by atoms with E-state index in [0.29, 0.717) is 6.42 Å². The molecule has 0 saturated heterocycles. The van der Waals surface area contributed by atoms with E-state index < -0.39 is 16.5 Å². The second kappa shape index (κ2) is 3.76. The summed E-state index contributed by atoms with van der Waals surface area (Å²) < 4.78 is -1.59. The van der Waals surface area contributed by atoms with Crippen molar-refractivity contribution in [3.63, 3.8) is 0 Å². The van der Waals surface area contributed by atoms with E-state index in [1.165, 1.54) is 6.92 Å². The minimum Gasteiger partial charge on any atom is -0.548 e. The molecule has 4 heteroatoms. The molecule has 11 heavy (non-hydrogen) atoms. The van der Waals surface area contributed by atoms with Crippen LogP contribution in [-0.4, -0.2) is 16.5 Å². The molecule has 0 aromatic rings. The molecule has 64 valence electrons. The third-order valence-electron chi connectivity index (χ3n) is 1.53. The van der Waals surface area contributed by atoms with E-state index in [0.717, 1.165) is 0 Å². The summed E-state index contributed by atoms with van der Waals surface area (Å²) in [7, 11) is 0. The van der Waals surface area contributed by atoms with E-state index in [1.807, 2.05) is 0 Å². The molecule has 1 unspecified atom stereocenters. The average molecular weight is 175 g/mol. The zero-order valence-electron chi connectivity index (χ0n) is 6.59. The van der Waals surface area contributed by atoms with Gasteiger partial charge in [0.15, 0.2) is 5.78 Å². The van der Waals surface area contributed by atoms with Gasteiger partial charge in [-0.1, -0.05) is 13.3 Å². The number of carboxylic acids is 1. The van der Waals surface area contributed by atoms with Crippen LogP contribution in [0.3, 0.4) is 0 Å². The average Bonchev–Trinajstić information content (AvgIpc) is 1.87. The van der Waals surface area contributed by atoms with Crippen LogP contribution >= 0.6 is 12.6 Å². The molecule has 0 aliphatic heterocycles. The number of carbonyl (C=O) groups excluding carboxylic acids is 2. The lowest BCUT2D eigenvalue weighted by molar-refractivity contribution is -0.307. The van der Waals surface area contributed by atoms with Crippen molar-refractivity contribution < 1.29 is 14.7 Å². The van der Waals surface area contributed by atoms with Crippen LogP contribution in [-0.2, 0) is 9.59 Å². The highest BCUT2D eigenvalue weighted by molar-refractivity contribution is 7.83. The Labute approximate surface area is 71.2 Å². The van der Waals surface area contributed by atoms with Gasteiger partial charge in [-0.15, -0.1) is 0 Å². The summed E-state index contributed by atoms with van der Waals surface area (Å²) in [6.07, 6.45) is 0.810. The van der Waals surface area contributed by atoms with Gasteiger partial charge < -0.3 is 9.90 Å². The first-order valence-corrected chi connectivity index (χ1v) is 3.84. The van der Waals surface area contributed by atoms with Gasteiger partial charge >= 0.3 is 0 Å². The largest absolute Gasteiger partial charge is 0.548 e. The summed E-state index contributed by atoms with van der Waals surface area (Å²) in [6, 6.07) is 0. The van der Waals surface area contributed by atoms with E-state index in [1.54, 1.807) is 6.92 Å². The smallest absolute Gasteiger partial charge is 0.151 e. The molecule has 0 heterocycles. The van der Waals surface area contributed by atoms with Gasteiger partial charge in [0.1, 0.15) is 4.75 Å². The second-order valence-electron chi connectivity index (χ2n) is 2.45. The number of carboxylic acid groups (broad SMARTS) is 1. The molecule has 0 saturated carbocycles. The van der Waals surface area contributed by atoms with Gasteiger partial charge in [-0.2, -0.15) is 12.6 Å². The Hall–Kier alpha value is -0.510. The van der Waals surface area contributed by atoms with Crippen molar-refractivity contribution in [3.8, 4) is 0 Å². The quantitative estimate of drug-likeness (QED) is 0.475. The lowest BCUT2D eigenvalue weighted by atomic mass is 9.99. The van der Waals surface area contributed by atoms with Crippen molar-refractivity contribution in [3.05, 3.63) is 0 Å². The first kappa shape index (κ1) is 10.5. The van der Waals surface area contributed by atoms with Crippen LogP contribution in [0.25, 0.3) is 0 Å². The molecule has 0 radical (unpaired) electrons. The van der Waals surface area contributed by atoms with E-state index in [4.69, 9.17) is 0 Å². The Kier molecular flexibility index (Phi) is 3.58. The lowest BCUT2D eigenvalue weighted by Crippen LogP contribution is -2.48. The maximum Gasteiger partial charge on any atom is 0.151 e. The number of aliphatic carboxylic acids is 1. The molecular weight excluding hydrogens is 164 g/mol. The predicted molar refractivity (Wildman–Crippen MR) is 42.3 cm³/mol. The Morgan fingerprint density at radius 2 is 2.00 bits per heavy atom. The third kappa shape index (κ3) is 2.22. The van der Waals surface area contributed by atoms with Crippen LogP contribution in [0, 0.1) is 0 Å². The maximum atomic E-state index is 10.8. The van der Waals surface area contributed by atoms with Crippen molar-refractivity contribution in [2.45, 2.75) is 31.4 Å². The molecule has 0 N–H and O–H groups in total. The number of thiol groups is 1. The van der Waals surface area contributed by atoms with Crippen molar-refractivity contribution >= 4 is 24.4 Å². The maximum absolute atomic E-state index is 10.8. The Morgan fingerprint density at radius 3 is 2.09 bits per heavy atom. The SMILES string of the molecule is CCCC(S)(C(C)=O)C(=O)[O-]. The van der Waals surface area contributed by atoms with Gasteiger partial charge in [-0.05, 0) is 13.3 Å². The van der Waals surface area contributed by atoms with Crippen LogP contribution < -0.4 is 5.11 Å². The van der Waals surface area contributed by atoms with Crippen LogP contribution in [0.15, 0.2) is 0 Å². The monoisotopic (exact) mass is 175 g/mol. The normalized spacial score (nSPS) is 15.5. The van der Waals surface area contributed by atoms with Crippen LogP contribution in [0.4, 0.5) is 0 Å². The van der Waals surface area contributed by atoms with E-state index >= 15 is 0 Å². The Bertz CT molecular complexity index is 163. The molecule has 0 aromatic carbocycles. The van der Waals surface area contributed by atoms with E-state index in [-0.39, 0.29) is 6.42 Å². The predicted octanol–water partition coefficient (Wildman–Crippen LogP) is -0.206. The number of Topliss-reactive ketones (excluding diaryl/α,β-unsaturated/α-hetero) is 1. The number of carbonyl (C=O) groups is 2. The molecule has 1 atom stereocenters. The lowest BCUT2D eigenvalue weighted by Gasteiger charge is -2.25. The first-order chi connectivity index (χ1) is 4.95. The highest BCUT2D eigenvalue weighted by Crippen LogP contribution is 2.21. The van der Waals surface area contributed by atoms with Crippen molar-refractivity contribution in [2.24, 2.45) is 0 Å². The van der Waals surface area contributed by atoms with Gasteiger partial charge in [0, 0.05) is 0 Å². The third-order valence-corrected chi connectivity index (χ3v) is 2.25. The Morgan fingerprint density at radius 1 is 1.55 bits per heavy atom.